The molecule has 1 N–H and O–H groups in total. The van der Waals surface area contributed by atoms with E-state index in [1.54, 1.807) is 13.4 Å². The van der Waals surface area contributed by atoms with Gasteiger partial charge in [0.1, 0.15) is 11.5 Å². The molecule has 1 heterocycles. The van der Waals surface area contributed by atoms with Crippen LogP contribution in [0.4, 0.5) is 5.69 Å². The average Bonchev–Trinajstić information content (AvgIpc) is 2.86. The largest absolute Gasteiger partial charge is 0.497 e. The highest BCUT2D eigenvalue weighted by Crippen LogP contribution is 2.22. The molecule has 1 aromatic carbocycles. The number of methoxy groups -OCH3 is 1. The van der Waals surface area contributed by atoms with Crippen molar-refractivity contribution in [3.05, 3.63) is 47.9 Å². The summed E-state index contributed by atoms with van der Waals surface area (Å²) >= 11 is 0. The summed E-state index contributed by atoms with van der Waals surface area (Å²) in [6.07, 6.45) is 1.74. The van der Waals surface area contributed by atoms with Crippen molar-refractivity contribution in [3.8, 4) is 5.75 Å². The topological polar surface area (TPSA) is 37.6 Å². The van der Waals surface area contributed by atoms with Gasteiger partial charge in [-0.15, -0.1) is 0 Å². The van der Waals surface area contributed by atoms with E-state index < -0.39 is 0 Å². The summed E-state index contributed by atoms with van der Waals surface area (Å²) in [7, 11) is 5.66. The van der Waals surface area contributed by atoms with Crippen LogP contribution in [0.3, 0.4) is 0 Å². The zero-order valence-electron chi connectivity index (χ0n) is 11.6. The van der Waals surface area contributed by atoms with Gasteiger partial charge < -0.3 is 19.4 Å². The lowest BCUT2D eigenvalue weighted by Crippen LogP contribution is -2.17. The fourth-order valence-electron chi connectivity index (χ4n) is 2.02. The third kappa shape index (κ3) is 3.29. The van der Waals surface area contributed by atoms with Gasteiger partial charge >= 0.3 is 0 Å². The molecule has 1 aromatic heterocycles. The highest BCUT2D eigenvalue weighted by Gasteiger charge is 2.09. The summed E-state index contributed by atoms with van der Waals surface area (Å²) in [4.78, 5) is 2.17. The number of benzene rings is 1. The van der Waals surface area contributed by atoms with Crippen LogP contribution in [-0.2, 0) is 13.1 Å². The van der Waals surface area contributed by atoms with Gasteiger partial charge in [-0.2, -0.15) is 0 Å². The van der Waals surface area contributed by atoms with Crippen molar-refractivity contribution in [2.45, 2.75) is 13.1 Å². The standard InChI is InChI=1S/C15H20N2O2/c1-16-10-15-12(7-8-19-15)11-17(2)13-5-4-6-14(9-13)18-3/h4-9,16H,10-11H2,1-3H3. The predicted octanol–water partition coefficient (Wildman–Crippen LogP) is 2.64. The summed E-state index contributed by atoms with van der Waals surface area (Å²) in [6.45, 7) is 1.55. The number of rotatable bonds is 6. The minimum Gasteiger partial charge on any atom is -0.497 e. The summed E-state index contributed by atoms with van der Waals surface area (Å²) in [5.41, 5.74) is 2.32. The molecule has 19 heavy (non-hydrogen) atoms. The van der Waals surface area contributed by atoms with E-state index in [2.05, 4.69) is 23.3 Å². The van der Waals surface area contributed by atoms with E-state index in [9.17, 15) is 0 Å². The molecule has 0 amide bonds. The van der Waals surface area contributed by atoms with Crippen molar-refractivity contribution in [2.75, 3.05) is 26.1 Å². The Morgan fingerprint density at radius 1 is 1.32 bits per heavy atom. The Morgan fingerprint density at radius 2 is 2.16 bits per heavy atom. The molecule has 0 spiro atoms. The molecule has 0 saturated carbocycles. The summed E-state index contributed by atoms with van der Waals surface area (Å²) in [5.74, 6) is 1.85. The summed E-state index contributed by atoms with van der Waals surface area (Å²) in [5, 5.41) is 3.11. The molecule has 0 saturated heterocycles. The molecule has 0 unspecified atom stereocenters. The predicted molar refractivity (Wildman–Crippen MR) is 76.6 cm³/mol. The minimum atomic E-state index is 0.744. The van der Waals surface area contributed by atoms with Gasteiger partial charge in [0, 0.05) is 30.9 Å². The molecule has 4 heteroatoms. The molecule has 0 aliphatic carbocycles. The number of anilines is 1. The van der Waals surface area contributed by atoms with Gasteiger partial charge in [0.2, 0.25) is 0 Å². The number of hydrogen-bond acceptors (Lipinski definition) is 4. The van der Waals surface area contributed by atoms with E-state index in [1.165, 1.54) is 5.56 Å². The number of furan rings is 1. The smallest absolute Gasteiger partial charge is 0.122 e. The second kappa shape index (κ2) is 6.29. The summed E-state index contributed by atoms with van der Waals surface area (Å²) < 4.78 is 10.7. The lowest BCUT2D eigenvalue weighted by atomic mass is 10.2. The van der Waals surface area contributed by atoms with Gasteiger partial charge in [0.25, 0.3) is 0 Å². The first-order chi connectivity index (χ1) is 9.24. The van der Waals surface area contributed by atoms with E-state index in [4.69, 9.17) is 9.15 Å². The van der Waals surface area contributed by atoms with Crippen LogP contribution < -0.4 is 15.0 Å². The molecule has 2 rings (SSSR count). The number of nitrogens with zero attached hydrogens (tertiary/aromatic N) is 1. The molecule has 0 aliphatic rings. The molecule has 0 radical (unpaired) electrons. The lowest BCUT2D eigenvalue weighted by molar-refractivity contribution is 0.415. The SMILES string of the molecule is CNCc1occc1CN(C)c1cccc(OC)c1. The van der Waals surface area contributed by atoms with Gasteiger partial charge in [-0.3, -0.25) is 0 Å². The van der Waals surface area contributed by atoms with Crippen LogP contribution in [0.25, 0.3) is 0 Å². The van der Waals surface area contributed by atoms with Crippen LogP contribution in [0.2, 0.25) is 0 Å². The Balaban J connectivity index is 2.11. The first-order valence-corrected chi connectivity index (χ1v) is 6.29. The maximum absolute atomic E-state index is 5.47. The van der Waals surface area contributed by atoms with Crippen LogP contribution in [-0.4, -0.2) is 21.2 Å². The molecule has 0 fully saturated rings. The van der Waals surface area contributed by atoms with E-state index in [0.29, 0.717) is 0 Å². The fourth-order valence-corrected chi connectivity index (χ4v) is 2.02. The monoisotopic (exact) mass is 260 g/mol. The van der Waals surface area contributed by atoms with E-state index >= 15 is 0 Å². The Bertz CT molecular complexity index is 522. The van der Waals surface area contributed by atoms with Crippen molar-refractivity contribution >= 4 is 5.69 Å². The normalized spacial score (nSPS) is 10.5. The Hall–Kier alpha value is -1.94. The van der Waals surface area contributed by atoms with Gasteiger partial charge in [0.05, 0.1) is 19.9 Å². The fraction of sp³-hybridized carbons (Fsp3) is 0.333. The van der Waals surface area contributed by atoms with Gasteiger partial charge in [-0.25, -0.2) is 0 Å². The van der Waals surface area contributed by atoms with E-state index in [0.717, 1.165) is 30.3 Å². The van der Waals surface area contributed by atoms with Crippen LogP contribution in [0.15, 0.2) is 41.0 Å². The molecule has 0 aliphatic heterocycles. The van der Waals surface area contributed by atoms with Crippen molar-refractivity contribution in [3.63, 3.8) is 0 Å². The zero-order valence-corrected chi connectivity index (χ0v) is 11.6. The average molecular weight is 260 g/mol. The molecular weight excluding hydrogens is 240 g/mol. The van der Waals surface area contributed by atoms with Gasteiger partial charge in [-0.1, -0.05) is 6.07 Å². The second-order valence-corrected chi connectivity index (χ2v) is 4.46. The molecule has 2 aromatic rings. The number of nitrogens with one attached hydrogen (secondary N) is 1. The molecule has 0 atom stereocenters. The van der Waals surface area contributed by atoms with Crippen LogP contribution in [0, 0.1) is 0 Å². The molecule has 4 nitrogen and oxygen atoms in total. The van der Waals surface area contributed by atoms with Crippen molar-refractivity contribution in [1.29, 1.82) is 0 Å². The molecule has 102 valence electrons. The Labute approximate surface area is 114 Å². The van der Waals surface area contributed by atoms with Crippen LogP contribution in [0.5, 0.6) is 5.75 Å². The van der Waals surface area contributed by atoms with Crippen molar-refractivity contribution in [1.82, 2.24) is 5.32 Å². The molecule has 0 bridgehead atoms. The first-order valence-electron chi connectivity index (χ1n) is 6.29. The van der Waals surface area contributed by atoms with E-state index in [1.807, 2.05) is 31.3 Å². The highest BCUT2D eigenvalue weighted by molar-refractivity contribution is 5.50. The van der Waals surface area contributed by atoms with Crippen LogP contribution >= 0.6 is 0 Å². The van der Waals surface area contributed by atoms with E-state index in [-0.39, 0.29) is 0 Å². The third-order valence-corrected chi connectivity index (χ3v) is 3.08. The maximum Gasteiger partial charge on any atom is 0.122 e. The second-order valence-electron chi connectivity index (χ2n) is 4.46. The van der Waals surface area contributed by atoms with Crippen molar-refractivity contribution < 1.29 is 9.15 Å². The van der Waals surface area contributed by atoms with Crippen LogP contribution in [0.1, 0.15) is 11.3 Å². The minimum absolute atomic E-state index is 0.744. The number of hydrogen-bond donors (Lipinski definition) is 1. The summed E-state index contributed by atoms with van der Waals surface area (Å²) in [6, 6.07) is 10.1. The third-order valence-electron chi connectivity index (χ3n) is 3.08. The first kappa shape index (κ1) is 13.5. The van der Waals surface area contributed by atoms with Gasteiger partial charge in [0.15, 0.2) is 0 Å². The van der Waals surface area contributed by atoms with Gasteiger partial charge in [-0.05, 0) is 25.2 Å². The highest BCUT2D eigenvalue weighted by atomic mass is 16.5. The maximum atomic E-state index is 5.47. The number of ether oxygens (including phenoxy) is 1. The van der Waals surface area contributed by atoms with Crippen molar-refractivity contribution in [2.24, 2.45) is 0 Å². The quantitative estimate of drug-likeness (QED) is 0.866. The Morgan fingerprint density at radius 3 is 2.89 bits per heavy atom. The zero-order chi connectivity index (χ0) is 13.7. The molecular formula is C15H20N2O2. The lowest BCUT2D eigenvalue weighted by Gasteiger charge is -2.19. The Kier molecular flexibility index (Phi) is 4.47.